The van der Waals surface area contributed by atoms with Crippen LogP contribution in [0.4, 0.5) is 0 Å². The first-order valence-electron chi connectivity index (χ1n) is 9.73. The molecule has 146 valence electrons. The van der Waals surface area contributed by atoms with Crippen LogP contribution < -0.4 is 0 Å². The van der Waals surface area contributed by atoms with Crippen molar-refractivity contribution < 1.29 is 9.84 Å². The van der Waals surface area contributed by atoms with Gasteiger partial charge in [0.25, 0.3) is 0 Å². The number of aliphatic hydroxyl groups is 1. The van der Waals surface area contributed by atoms with Gasteiger partial charge in [0.2, 0.25) is 0 Å². The standard InChI is InChI=1S/C20H27ClN4O2/c1-13(12-26)27-17-6-3-14(4-7-17)20-23-22-19-11-24(2)10-15-9-16(21)5-8-18(15)25(19)20/h5,8-9,13-14,17,26H,3-4,6-7,10-12H2,1-2H3. The molecule has 1 unspecified atom stereocenters. The van der Waals surface area contributed by atoms with Crippen LogP contribution in [0.1, 0.15) is 55.7 Å². The number of aromatic nitrogens is 3. The highest BCUT2D eigenvalue weighted by Crippen LogP contribution is 2.36. The lowest BCUT2D eigenvalue weighted by molar-refractivity contribution is -0.0460. The molecule has 0 spiro atoms. The minimum Gasteiger partial charge on any atom is -0.394 e. The summed E-state index contributed by atoms with van der Waals surface area (Å²) in [4.78, 5) is 2.24. The summed E-state index contributed by atoms with van der Waals surface area (Å²) in [6.07, 6.45) is 4.17. The third-order valence-corrected chi connectivity index (χ3v) is 5.85. The van der Waals surface area contributed by atoms with Crippen LogP contribution in [0.15, 0.2) is 18.2 Å². The fourth-order valence-electron chi connectivity index (χ4n) is 4.28. The van der Waals surface area contributed by atoms with E-state index < -0.39 is 0 Å². The molecule has 6 nitrogen and oxygen atoms in total. The summed E-state index contributed by atoms with van der Waals surface area (Å²) in [6.45, 7) is 3.61. The normalized spacial score (nSPS) is 24.1. The molecule has 27 heavy (non-hydrogen) atoms. The van der Waals surface area contributed by atoms with Crippen molar-refractivity contribution in [3.63, 3.8) is 0 Å². The van der Waals surface area contributed by atoms with Gasteiger partial charge >= 0.3 is 0 Å². The van der Waals surface area contributed by atoms with Crippen LogP contribution >= 0.6 is 11.6 Å². The van der Waals surface area contributed by atoms with Crippen molar-refractivity contribution in [2.45, 2.75) is 63.8 Å². The van der Waals surface area contributed by atoms with E-state index in [1.54, 1.807) is 0 Å². The topological polar surface area (TPSA) is 63.4 Å². The van der Waals surface area contributed by atoms with Crippen LogP contribution in [0.3, 0.4) is 0 Å². The number of fused-ring (bicyclic) bond motifs is 3. The summed E-state index contributed by atoms with van der Waals surface area (Å²) in [7, 11) is 2.10. The Balaban J connectivity index is 1.60. The zero-order chi connectivity index (χ0) is 19.0. The fourth-order valence-corrected chi connectivity index (χ4v) is 4.47. The quantitative estimate of drug-likeness (QED) is 0.867. The van der Waals surface area contributed by atoms with Gasteiger partial charge in [-0.15, -0.1) is 10.2 Å². The summed E-state index contributed by atoms with van der Waals surface area (Å²) in [5.74, 6) is 2.42. The van der Waals surface area contributed by atoms with Crippen molar-refractivity contribution in [1.29, 1.82) is 0 Å². The first-order chi connectivity index (χ1) is 13.0. The Morgan fingerprint density at radius 2 is 2.00 bits per heavy atom. The summed E-state index contributed by atoms with van der Waals surface area (Å²) in [5, 5.41) is 19.1. The molecule has 2 aliphatic rings. The minimum atomic E-state index is -0.0944. The Morgan fingerprint density at radius 3 is 2.74 bits per heavy atom. The molecular formula is C20H27ClN4O2. The lowest BCUT2D eigenvalue weighted by Gasteiger charge is -2.30. The molecule has 0 amide bonds. The summed E-state index contributed by atoms with van der Waals surface area (Å²) in [6, 6.07) is 6.08. The molecule has 0 bridgehead atoms. The largest absolute Gasteiger partial charge is 0.394 e. The fraction of sp³-hybridized carbons (Fsp3) is 0.600. The molecule has 0 radical (unpaired) electrons. The third kappa shape index (κ3) is 3.90. The molecule has 1 N–H and O–H groups in total. The second-order valence-electron chi connectivity index (χ2n) is 7.86. The van der Waals surface area contributed by atoms with Gasteiger partial charge < -0.3 is 9.84 Å². The molecule has 2 heterocycles. The molecule has 1 saturated carbocycles. The first-order valence-corrected chi connectivity index (χ1v) is 10.1. The second-order valence-corrected chi connectivity index (χ2v) is 8.29. The molecule has 1 aliphatic carbocycles. The molecule has 1 aromatic carbocycles. The van der Waals surface area contributed by atoms with Gasteiger partial charge in [0.05, 0.1) is 31.0 Å². The van der Waals surface area contributed by atoms with Crippen LogP contribution in [-0.4, -0.2) is 50.6 Å². The monoisotopic (exact) mass is 390 g/mol. The van der Waals surface area contributed by atoms with Crippen molar-refractivity contribution in [2.24, 2.45) is 0 Å². The van der Waals surface area contributed by atoms with Crippen molar-refractivity contribution in [1.82, 2.24) is 19.7 Å². The van der Waals surface area contributed by atoms with Crippen molar-refractivity contribution in [2.75, 3.05) is 13.7 Å². The Hall–Kier alpha value is -1.47. The van der Waals surface area contributed by atoms with E-state index in [9.17, 15) is 5.11 Å². The predicted octanol–water partition coefficient (Wildman–Crippen LogP) is 3.29. The van der Waals surface area contributed by atoms with E-state index in [2.05, 4.69) is 32.8 Å². The summed E-state index contributed by atoms with van der Waals surface area (Å²) >= 11 is 6.25. The zero-order valence-electron chi connectivity index (χ0n) is 15.9. The Morgan fingerprint density at radius 1 is 1.22 bits per heavy atom. The van der Waals surface area contributed by atoms with Gasteiger partial charge in [0.15, 0.2) is 5.82 Å². The average Bonchev–Trinajstić information content (AvgIpc) is 2.99. The van der Waals surface area contributed by atoms with Crippen LogP contribution in [-0.2, 0) is 17.8 Å². The molecule has 1 aromatic heterocycles. The van der Waals surface area contributed by atoms with Crippen LogP contribution in [0.2, 0.25) is 5.02 Å². The summed E-state index contributed by atoms with van der Waals surface area (Å²) < 4.78 is 8.16. The van der Waals surface area contributed by atoms with Crippen molar-refractivity contribution >= 4 is 11.6 Å². The molecule has 1 fully saturated rings. The number of rotatable bonds is 4. The highest BCUT2D eigenvalue weighted by molar-refractivity contribution is 6.30. The van der Waals surface area contributed by atoms with E-state index in [0.29, 0.717) is 5.92 Å². The number of halogens is 1. The number of hydrogen-bond acceptors (Lipinski definition) is 5. The van der Waals surface area contributed by atoms with E-state index in [0.717, 1.165) is 61.1 Å². The van der Waals surface area contributed by atoms with Crippen molar-refractivity contribution in [3.8, 4) is 5.69 Å². The van der Waals surface area contributed by atoms with Gasteiger partial charge in [-0.3, -0.25) is 9.47 Å². The Kier molecular flexibility index (Phi) is 5.50. The molecular weight excluding hydrogens is 364 g/mol. The second kappa shape index (κ2) is 7.87. The predicted molar refractivity (Wildman–Crippen MR) is 104 cm³/mol. The van der Waals surface area contributed by atoms with Gasteiger partial charge in [-0.2, -0.15) is 0 Å². The van der Waals surface area contributed by atoms with E-state index in [-0.39, 0.29) is 18.8 Å². The minimum absolute atomic E-state index is 0.0739. The number of ether oxygens (including phenoxy) is 1. The SMILES string of the molecule is CC(CO)OC1CCC(c2nnc3n2-c2ccc(Cl)cc2CN(C)C3)CC1. The van der Waals surface area contributed by atoms with Crippen LogP contribution in [0, 0.1) is 0 Å². The van der Waals surface area contributed by atoms with Gasteiger partial charge in [-0.25, -0.2) is 0 Å². The number of aliphatic hydroxyl groups excluding tert-OH is 1. The van der Waals surface area contributed by atoms with Crippen LogP contribution in [0.5, 0.6) is 0 Å². The van der Waals surface area contributed by atoms with Crippen molar-refractivity contribution in [3.05, 3.63) is 40.4 Å². The smallest absolute Gasteiger partial charge is 0.151 e. The Bertz CT molecular complexity index is 801. The molecule has 1 aliphatic heterocycles. The van der Waals surface area contributed by atoms with Gasteiger partial charge in [-0.1, -0.05) is 11.6 Å². The van der Waals surface area contributed by atoms with E-state index in [4.69, 9.17) is 16.3 Å². The zero-order valence-corrected chi connectivity index (χ0v) is 16.7. The lowest BCUT2D eigenvalue weighted by atomic mass is 9.86. The van der Waals surface area contributed by atoms with Crippen LogP contribution in [0.25, 0.3) is 5.69 Å². The van der Waals surface area contributed by atoms with Gasteiger partial charge in [0, 0.05) is 17.5 Å². The lowest BCUT2D eigenvalue weighted by Crippen LogP contribution is -2.27. The number of benzene rings is 1. The van der Waals surface area contributed by atoms with Gasteiger partial charge in [0.1, 0.15) is 5.82 Å². The van der Waals surface area contributed by atoms with E-state index >= 15 is 0 Å². The third-order valence-electron chi connectivity index (χ3n) is 5.61. The molecule has 0 saturated heterocycles. The highest BCUT2D eigenvalue weighted by atomic mass is 35.5. The van der Waals surface area contributed by atoms with E-state index in [1.807, 2.05) is 19.1 Å². The highest BCUT2D eigenvalue weighted by Gasteiger charge is 2.30. The number of nitrogens with zero attached hydrogens (tertiary/aromatic N) is 4. The molecule has 1 atom stereocenters. The maximum absolute atomic E-state index is 9.20. The molecule has 4 rings (SSSR count). The summed E-state index contributed by atoms with van der Waals surface area (Å²) in [5.41, 5.74) is 2.35. The Labute approximate surface area is 165 Å². The maximum Gasteiger partial charge on any atom is 0.151 e. The first kappa shape index (κ1) is 18.9. The molecule has 7 heteroatoms. The van der Waals surface area contributed by atoms with Gasteiger partial charge in [-0.05, 0) is 63.4 Å². The maximum atomic E-state index is 9.20. The molecule has 2 aromatic rings. The number of hydrogen-bond donors (Lipinski definition) is 1. The van der Waals surface area contributed by atoms with E-state index in [1.165, 1.54) is 5.56 Å². The average molecular weight is 391 g/mol.